The van der Waals surface area contributed by atoms with Gasteiger partial charge in [0, 0.05) is 25.4 Å². The number of nitrogens with zero attached hydrogens (tertiary/aromatic N) is 1. The van der Waals surface area contributed by atoms with Crippen LogP contribution in [0.1, 0.15) is 57.8 Å². The van der Waals surface area contributed by atoms with Gasteiger partial charge in [-0.05, 0) is 57.8 Å². The predicted octanol–water partition coefficient (Wildman–Crippen LogP) is 0.445. The van der Waals surface area contributed by atoms with Gasteiger partial charge in [-0.15, -0.1) is 0 Å². The molecule has 1 heterocycles. The Bertz CT molecular complexity index is 915. The molecule has 0 spiro atoms. The molecule has 0 aromatic carbocycles. The Balaban J connectivity index is 1.60. The van der Waals surface area contributed by atoms with Crippen molar-refractivity contribution in [3.8, 4) is 0 Å². The molecule has 3 aliphatic carbocycles. The third kappa shape index (κ3) is 4.71. The number of sulfonamides is 1. The molecule has 3 amide bonds. The smallest absolute Gasteiger partial charge is 0.259 e. The van der Waals surface area contributed by atoms with Gasteiger partial charge in [-0.2, -0.15) is 0 Å². The lowest BCUT2D eigenvalue weighted by Gasteiger charge is -2.35. The molecular formula is C22H33N3O6S. The molecule has 4 rings (SSSR count). The van der Waals surface area contributed by atoms with Gasteiger partial charge in [0.15, 0.2) is 0 Å². The number of hydrogen-bond donors (Lipinski definition) is 3. The molecule has 178 valence electrons. The number of fused-ring (bicyclic) bond motifs is 2. The zero-order valence-electron chi connectivity index (χ0n) is 18.5. The summed E-state index contributed by atoms with van der Waals surface area (Å²) in [6, 6.07) is 0. The predicted molar refractivity (Wildman–Crippen MR) is 117 cm³/mol. The summed E-state index contributed by atoms with van der Waals surface area (Å²) in [5, 5.41) is 12.4. The largest absolute Gasteiger partial charge is 0.393 e. The summed E-state index contributed by atoms with van der Waals surface area (Å²) in [6.45, 7) is 0.606. The van der Waals surface area contributed by atoms with Gasteiger partial charge in [0.05, 0.1) is 17.3 Å². The first-order chi connectivity index (χ1) is 15.1. The van der Waals surface area contributed by atoms with Crippen LogP contribution in [0.3, 0.4) is 0 Å². The summed E-state index contributed by atoms with van der Waals surface area (Å²) in [6.07, 6.45) is 8.03. The second-order valence-electron chi connectivity index (χ2n) is 9.81. The Morgan fingerprint density at radius 2 is 1.94 bits per heavy atom. The van der Waals surface area contributed by atoms with E-state index in [4.69, 9.17) is 0 Å². The second kappa shape index (κ2) is 8.78. The van der Waals surface area contributed by atoms with Crippen molar-refractivity contribution in [2.45, 2.75) is 74.7 Å². The first-order valence-corrected chi connectivity index (χ1v) is 13.2. The van der Waals surface area contributed by atoms with Crippen LogP contribution in [0.15, 0.2) is 12.2 Å². The molecule has 3 fully saturated rings. The molecule has 32 heavy (non-hydrogen) atoms. The van der Waals surface area contributed by atoms with Crippen molar-refractivity contribution in [3.63, 3.8) is 0 Å². The van der Waals surface area contributed by atoms with E-state index in [1.807, 2.05) is 12.2 Å². The summed E-state index contributed by atoms with van der Waals surface area (Å²) in [5.74, 6) is -2.92. The van der Waals surface area contributed by atoms with Gasteiger partial charge in [-0.1, -0.05) is 12.2 Å². The molecule has 10 heteroatoms. The Morgan fingerprint density at radius 1 is 1.19 bits per heavy atom. The minimum atomic E-state index is -3.75. The van der Waals surface area contributed by atoms with Gasteiger partial charge in [0.1, 0.15) is 5.54 Å². The minimum Gasteiger partial charge on any atom is -0.393 e. The SMILES string of the molecule is CN1CCCC/C=C\[C@@H]2C[C@@]2(C(=O)NS(=O)(=O)C2CC2)NC(=O)[C@@H]2C[C@@H](O)CC[C@H]2C1=O. The van der Waals surface area contributed by atoms with Crippen molar-refractivity contribution < 1.29 is 27.9 Å². The fourth-order valence-corrected chi connectivity index (χ4v) is 6.34. The molecule has 0 bridgehead atoms. The maximum atomic E-state index is 13.3. The standard InChI is InChI=1S/C22H33N3O6S/c1-25-11-5-3-2-4-6-14-13-22(14,21(29)24-32(30,31)16-8-9-16)23-19(27)18-12-15(26)7-10-17(18)20(25)28/h4,6,14-18,26H,2-3,5,7-13H2,1H3,(H,23,27)(H,24,29)/b6-4-/t14-,15+,17-,18-,22-/m1/s1. The van der Waals surface area contributed by atoms with E-state index in [2.05, 4.69) is 10.0 Å². The second-order valence-corrected chi connectivity index (χ2v) is 11.8. The van der Waals surface area contributed by atoms with Crippen molar-refractivity contribution in [1.29, 1.82) is 0 Å². The maximum Gasteiger partial charge on any atom is 0.259 e. The highest BCUT2D eigenvalue weighted by atomic mass is 32.2. The van der Waals surface area contributed by atoms with Gasteiger partial charge in [-0.25, -0.2) is 8.42 Å². The molecular weight excluding hydrogens is 434 g/mol. The summed E-state index contributed by atoms with van der Waals surface area (Å²) in [5.41, 5.74) is -1.33. The molecule has 0 aromatic heterocycles. The molecule has 3 saturated carbocycles. The molecule has 0 unspecified atom stereocenters. The highest BCUT2D eigenvalue weighted by Crippen LogP contribution is 2.46. The third-order valence-electron chi connectivity index (χ3n) is 7.30. The lowest BCUT2D eigenvalue weighted by molar-refractivity contribution is -0.145. The van der Waals surface area contributed by atoms with Gasteiger partial charge < -0.3 is 15.3 Å². The Morgan fingerprint density at radius 3 is 2.66 bits per heavy atom. The molecule has 1 aliphatic heterocycles. The topological polar surface area (TPSA) is 133 Å². The van der Waals surface area contributed by atoms with Crippen LogP contribution in [0.2, 0.25) is 0 Å². The van der Waals surface area contributed by atoms with Crippen LogP contribution < -0.4 is 10.0 Å². The first kappa shape index (κ1) is 23.2. The van der Waals surface area contributed by atoms with E-state index in [-0.39, 0.29) is 18.2 Å². The Labute approximate surface area is 189 Å². The van der Waals surface area contributed by atoms with Gasteiger partial charge in [0.2, 0.25) is 21.8 Å². The zero-order valence-corrected chi connectivity index (χ0v) is 19.3. The number of allylic oxidation sites excluding steroid dienone is 1. The van der Waals surface area contributed by atoms with E-state index in [9.17, 15) is 27.9 Å². The lowest BCUT2D eigenvalue weighted by Crippen LogP contribution is -2.56. The molecule has 0 aromatic rings. The van der Waals surface area contributed by atoms with Crippen LogP contribution in [0.25, 0.3) is 0 Å². The molecule has 0 radical (unpaired) electrons. The van der Waals surface area contributed by atoms with Crippen molar-refractivity contribution in [2.24, 2.45) is 17.8 Å². The fourth-order valence-electron chi connectivity index (χ4n) is 4.97. The summed E-state index contributed by atoms with van der Waals surface area (Å²) < 4.78 is 26.9. The molecule has 9 nitrogen and oxygen atoms in total. The average molecular weight is 468 g/mol. The molecule has 3 N–H and O–H groups in total. The third-order valence-corrected chi connectivity index (χ3v) is 9.12. The number of rotatable bonds is 3. The van der Waals surface area contributed by atoms with Crippen molar-refractivity contribution in [1.82, 2.24) is 14.9 Å². The summed E-state index contributed by atoms with van der Waals surface area (Å²) >= 11 is 0. The zero-order chi connectivity index (χ0) is 23.1. The number of amides is 3. The van der Waals surface area contributed by atoms with E-state index in [0.717, 1.165) is 19.3 Å². The van der Waals surface area contributed by atoms with E-state index < -0.39 is 50.6 Å². The van der Waals surface area contributed by atoms with Crippen molar-refractivity contribution >= 4 is 27.7 Å². The van der Waals surface area contributed by atoms with Crippen molar-refractivity contribution in [2.75, 3.05) is 13.6 Å². The van der Waals surface area contributed by atoms with Gasteiger partial charge >= 0.3 is 0 Å². The van der Waals surface area contributed by atoms with E-state index in [1.165, 1.54) is 0 Å². The van der Waals surface area contributed by atoms with Crippen LogP contribution >= 0.6 is 0 Å². The number of carbonyl (C=O) groups excluding carboxylic acids is 3. The van der Waals surface area contributed by atoms with Crippen molar-refractivity contribution in [3.05, 3.63) is 12.2 Å². The normalized spacial score (nSPS) is 37.4. The van der Waals surface area contributed by atoms with Crippen LogP contribution in [-0.4, -0.2) is 66.6 Å². The van der Waals surface area contributed by atoms with Gasteiger partial charge in [-0.3, -0.25) is 19.1 Å². The average Bonchev–Trinajstić information content (AvgIpc) is 3.64. The summed E-state index contributed by atoms with van der Waals surface area (Å²) in [7, 11) is -2.01. The molecule has 4 aliphatic rings. The fraction of sp³-hybridized carbons (Fsp3) is 0.773. The monoisotopic (exact) mass is 467 g/mol. The van der Waals surface area contributed by atoms with Crippen LogP contribution in [0.5, 0.6) is 0 Å². The summed E-state index contributed by atoms with van der Waals surface area (Å²) in [4.78, 5) is 41.1. The van der Waals surface area contributed by atoms with Gasteiger partial charge in [0.25, 0.3) is 5.91 Å². The first-order valence-electron chi connectivity index (χ1n) is 11.6. The van der Waals surface area contributed by atoms with Crippen LogP contribution in [0.4, 0.5) is 0 Å². The Hall–Kier alpha value is -1.94. The van der Waals surface area contributed by atoms with Crippen LogP contribution in [-0.2, 0) is 24.4 Å². The quantitative estimate of drug-likeness (QED) is 0.516. The highest BCUT2D eigenvalue weighted by Gasteiger charge is 2.61. The Kier molecular flexibility index (Phi) is 6.37. The van der Waals surface area contributed by atoms with E-state index >= 15 is 0 Å². The number of nitrogens with one attached hydrogen (secondary N) is 2. The number of carbonyl (C=O) groups is 3. The minimum absolute atomic E-state index is 0.119. The number of hydrogen-bond acceptors (Lipinski definition) is 6. The molecule has 5 atom stereocenters. The lowest BCUT2D eigenvalue weighted by atomic mass is 9.76. The van der Waals surface area contributed by atoms with E-state index in [1.54, 1.807) is 11.9 Å². The number of aliphatic hydroxyl groups is 1. The van der Waals surface area contributed by atoms with Crippen LogP contribution in [0, 0.1) is 17.8 Å². The van der Waals surface area contributed by atoms with E-state index in [0.29, 0.717) is 38.6 Å². The molecule has 0 saturated heterocycles. The maximum absolute atomic E-state index is 13.3. The highest BCUT2D eigenvalue weighted by molar-refractivity contribution is 7.91. The number of aliphatic hydroxyl groups excluding tert-OH is 1.